The molecule has 1 fully saturated rings. The zero-order chi connectivity index (χ0) is 13.5. The summed E-state index contributed by atoms with van der Waals surface area (Å²) in [6.45, 7) is 0.597. The van der Waals surface area contributed by atoms with Gasteiger partial charge in [-0.1, -0.05) is 5.21 Å². The Morgan fingerprint density at radius 3 is 3.05 bits per heavy atom. The first-order chi connectivity index (χ1) is 9.03. The number of nitrogen functional groups attached to an aromatic ring is 1. The number of hydrogen-bond donors (Lipinski definition) is 1. The first-order valence-corrected chi connectivity index (χ1v) is 8.15. The van der Waals surface area contributed by atoms with Crippen molar-refractivity contribution in [3.05, 3.63) is 18.2 Å². The molecule has 0 bridgehead atoms. The molecule has 0 spiro atoms. The molecule has 1 aliphatic rings. The molecule has 0 saturated carbocycles. The lowest BCUT2D eigenvalue weighted by atomic mass is 10.1. The van der Waals surface area contributed by atoms with Gasteiger partial charge in [0.2, 0.25) is 0 Å². The zero-order valence-corrected chi connectivity index (χ0v) is 11.3. The van der Waals surface area contributed by atoms with Crippen molar-refractivity contribution in [3.8, 4) is 0 Å². The van der Waals surface area contributed by atoms with E-state index in [1.807, 2.05) is 6.07 Å². The van der Waals surface area contributed by atoms with Gasteiger partial charge in [-0.3, -0.25) is 0 Å². The number of fused-ring (bicyclic) bond motifs is 1. The Balaban J connectivity index is 1.85. The molecule has 2 N–H and O–H groups in total. The van der Waals surface area contributed by atoms with Gasteiger partial charge in [-0.15, -0.1) is 5.10 Å². The van der Waals surface area contributed by atoms with Crippen LogP contribution in [-0.2, 0) is 16.4 Å². The fourth-order valence-corrected chi connectivity index (χ4v) is 4.39. The molecule has 1 aromatic heterocycles. The van der Waals surface area contributed by atoms with Crippen LogP contribution in [0.2, 0.25) is 0 Å². The maximum Gasteiger partial charge on any atom is 0.150 e. The SMILES string of the molecule is Nc1ccc2c(c1)nnn2CC1CCCS(=O)(=O)C1. The molecule has 0 aliphatic carbocycles. The summed E-state index contributed by atoms with van der Waals surface area (Å²) in [5, 5.41) is 8.16. The number of sulfone groups is 1. The van der Waals surface area contributed by atoms with Crippen molar-refractivity contribution in [2.45, 2.75) is 19.4 Å². The van der Waals surface area contributed by atoms with Gasteiger partial charge in [0, 0.05) is 12.2 Å². The molecule has 1 aliphatic heterocycles. The highest BCUT2D eigenvalue weighted by Crippen LogP contribution is 2.22. The molecule has 2 aromatic rings. The number of hydrogen-bond acceptors (Lipinski definition) is 5. The minimum absolute atomic E-state index is 0.126. The fourth-order valence-electron chi connectivity index (χ4n) is 2.63. The topological polar surface area (TPSA) is 90.9 Å². The predicted molar refractivity (Wildman–Crippen MR) is 73.3 cm³/mol. The van der Waals surface area contributed by atoms with Crippen LogP contribution in [0, 0.1) is 5.92 Å². The van der Waals surface area contributed by atoms with Crippen molar-refractivity contribution in [1.29, 1.82) is 0 Å². The molecule has 0 amide bonds. The third kappa shape index (κ3) is 2.56. The normalized spacial score (nSPS) is 22.6. The second kappa shape index (κ2) is 4.48. The largest absolute Gasteiger partial charge is 0.399 e. The van der Waals surface area contributed by atoms with Gasteiger partial charge in [-0.25, -0.2) is 13.1 Å². The Morgan fingerprint density at radius 2 is 2.26 bits per heavy atom. The molecule has 19 heavy (non-hydrogen) atoms. The number of nitrogens with two attached hydrogens (primary N) is 1. The molecular formula is C12H16N4O2S. The summed E-state index contributed by atoms with van der Waals surface area (Å²) in [5.41, 5.74) is 8.00. The molecule has 0 radical (unpaired) electrons. The first-order valence-electron chi connectivity index (χ1n) is 6.33. The number of rotatable bonds is 2. The number of aromatic nitrogens is 3. The van der Waals surface area contributed by atoms with Gasteiger partial charge in [-0.2, -0.15) is 0 Å². The molecule has 1 saturated heterocycles. The van der Waals surface area contributed by atoms with Crippen LogP contribution < -0.4 is 5.73 Å². The van der Waals surface area contributed by atoms with E-state index in [1.54, 1.807) is 16.8 Å². The third-order valence-electron chi connectivity index (χ3n) is 3.53. The van der Waals surface area contributed by atoms with Crippen molar-refractivity contribution in [1.82, 2.24) is 15.0 Å². The number of nitrogens with zero attached hydrogens (tertiary/aromatic N) is 3. The minimum atomic E-state index is -2.88. The predicted octanol–water partition coefficient (Wildman–Crippen LogP) is 0.838. The van der Waals surface area contributed by atoms with Crippen molar-refractivity contribution < 1.29 is 8.42 Å². The number of anilines is 1. The molecule has 102 valence electrons. The van der Waals surface area contributed by atoms with Gasteiger partial charge in [0.25, 0.3) is 0 Å². The highest BCUT2D eigenvalue weighted by molar-refractivity contribution is 7.91. The summed E-state index contributed by atoms with van der Waals surface area (Å²) in [4.78, 5) is 0. The Bertz CT molecular complexity index is 708. The summed E-state index contributed by atoms with van der Waals surface area (Å²) in [6.07, 6.45) is 1.67. The Hall–Kier alpha value is -1.63. The second-order valence-corrected chi connectivity index (χ2v) is 7.37. The maximum absolute atomic E-state index is 11.6. The lowest BCUT2D eigenvalue weighted by molar-refractivity contribution is 0.407. The van der Waals surface area contributed by atoms with Gasteiger partial charge >= 0.3 is 0 Å². The van der Waals surface area contributed by atoms with E-state index in [4.69, 9.17) is 5.73 Å². The van der Waals surface area contributed by atoms with Crippen LogP contribution in [-0.4, -0.2) is 34.9 Å². The molecule has 6 nitrogen and oxygen atoms in total. The Labute approximate surface area is 111 Å². The van der Waals surface area contributed by atoms with Gasteiger partial charge in [0.05, 0.1) is 17.0 Å². The van der Waals surface area contributed by atoms with E-state index in [0.717, 1.165) is 23.9 Å². The van der Waals surface area contributed by atoms with Crippen LogP contribution in [0.25, 0.3) is 11.0 Å². The van der Waals surface area contributed by atoms with Crippen molar-refractivity contribution >= 4 is 26.6 Å². The lowest BCUT2D eigenvalue weighted by Crippen LogP contribution is -2.28. The van der Waals surface area contributed by atoms with E-state index >= 15 is 0 Å². The van der Waals surface area contributed by atoms with Gasteiger partial charge in [-0.05, 0) is 37.0 Å². The highest BCUT2D eigenvalue weighted by Gasteiger charge is 2.25. The van der Waals surface area contributed by atoms with E-state index < -0.39 is 9.84 Å². The average molecular weight is 280 g/mol. The van der Waals surface area contributed by atoms with E-state index in [2.05, 4.69) is 10.3 Å². The van der Waals surface area contributed by atoms with Crippen LogP contribution in [0.3, 0.4) is 0 Å². The van der Waals surface area contributed by atoms with E-state index in [9.17, 15) is 8.42 Å². The fraction of sp³-hybridized carbons (Fsp3) is 0.500. The van der Waals surface area contributed by atoms with E-state index in [-0.39, 0.29) is 11.7 Å². The zero-order valence-electron chi connectivity index (χ0n) is 10.5. The first kappa shape index (κ1) is 12.4. The molecule has 1 aromatic carbocycles. The molecule has 7 heteroatoms. The quantitative estimate of drug-likeness (QED) is 0.823. The second-order valence-electron chi connectivity index (χ2n) is 5.14. The summed E-state index contributed by atoms with van der Waals surface area (Å²) < 4.78 is 25.0. The summed E-state index contributed by atoms with van der Waals surface area (Å²) in [5.74, 6) is 0.697. The third-order valence-corrected chi connectivity index (χ3v) is 5.42. The molecular weight excluding hydrogens is 264 g/mol. The molecule has 2 heterocycles. The van der Waals surface area contributed by atoms with Crippen LogP contribution in [0.5, 0.6) is 0 Å². The summed E-state index contributed by atoms with van der Waals surface area (Å²) in [6, 6.07) is 5.46. The molecule has 1 unspecified atom stereocenters. The van der Waals surface area contributed by atoms with E-state index in [0.29, 0.717) is 18.0 Å². The van der Waals surface area contributed by atoms with Gasteiger partial charge in [0.1, 0.15) is 5.52 Å². The Kier molecular flexibility index (Phi) is 2.93. The highest BCUT2D eigenvalue weighted by atomic mass is 32.2. The van der Waals surface area contributed by atoms with Crippen molar-refractivity contribution in [3.63, 3.8) is 0 Å². The van der Waals surface area contributed by atoms with Crippen LogP contribution >= 0.6 is 0 Å². The maximum atomic E-state index is 11.6. The lowest BCUT2D eigenvalue weighted by Gasteiger charge is -2.21. The monoisotopic (exact) mass is 280 g/mol. The van der Waals surface area contributed by atoms with Crippen LogP contribution in [0.1, 0.15) is 12.8 Å². The van der Waals surface area contributed by atoms with E-state index in [1.165, 1.54) is 0 Å². The standard InChI is InChI=1S/C12H16N4O2S/c13-10-3-4-12-11(6-10)14-15-16(12)7-9-2-1-5-19(17,18)8-9/h3-4,6,9H,1-2,5,7-8,13H2. The van der Waals surface area contributed by atoms with Gasteiger partial charge in [0.15, 0.2) is 9.84 Å². The van der Waals surface area contributed by atoms with Crippen molar-refractivity contribution in [2.75, 3.05) is 17.2 Å². The molecule has 1 atom stereocenters. The summed E-state index contributed by atoms with van der Waals surface area (Å²) >= 11 is 0. The number of benzene rings is 1. The van der Waals surface area contributed by atoms with Crippen LogP contribution in [0.15, 0.2) is 18.2 Å². The average Bonchev–Trinajstić information content (AvgIpc) is 2.70. The summed E-state index contributed by atoms with van der Waals surface area (Å²) in [7, 11) is -2.88. The Morgan fingerprint density at radius 1 is 1.42 bits per heavy atom. The molecule has 3 rings (SSSR count). The smallest absolute Gasteiger partial charge is 0.150 e. The van der Waals surface area contributed by atoms with Crippen molar-refractivity contribution in [2.24, 2.45) is 5.92 Å². The minimum Gasteiger partial charge on any atom is -0.399 e. The van der Waals surface area contributed by atoms with Crippen LogP contribution in [0.4, 0.5) is 5.69 Å². The van der Waals surface area contributed by atoms with Gasteiger partial charge < -0.3 is 5.73 Å².